The summed E-state index contributed by atoms with van der Waals surface area (Å²) in [5, 5.41) is 0. The lowest BCUT2D eigenvalue weighted by Crippen LogP contribution is -2.32. The van der Waals surface area contributed by atoms with E-state index in [9.17, 15) is 0 Å². The van der Waals surface area contributed by atoms with Gasteiger partial charge in [-0.15, -0.1) is 0 Å². The van der Waals surface area contributed by atoms with Gasteiger partial charge >= 0.3 is 0 Å². The molecule has 2 heterocycles. The van der Waals surface area contributed by atoms with Crippen molar-refractivity contribution >= 4 is 0 Å². The van der Waals surface area contributed by atoms with Crippen molar-refractivity contribution in [2.75, 3.05) is 39.3 Å². The van der Waals surface area contributed by atoms with Gasteiger partial charge in [0.25, 0.3) is 0 Å². The summed E-state index contributed by atoms with van der Waals surface area (Å²) in [6.45, 7) is 76.7. The van der Waals surface area contributed by atoms with E-state index in [1.165, 1.54) is 159 Å². The van der Waals surface area contributed by atoms with E-state index in [4.69, 9.17) is 0 Å². The minimum atomic E-state index is 0. The summed E-state index contributed by atoms with van der Waals surface area (Å²) < 4.78 is 0. The zero-order valence-corrected chi connectivity index (χ0v) is 61.0. The Kier molecular flexibility index (Phi) is 45.6. The standard InChI is InChI=1S/C13H20.2C11H23N.C11H16.C10H20.C8H18.2C7H16.CH4/c1-5-11-6-8-12(9-7-11)10-13(2,3)4;2*1-11(2,3)7-10-12-8-5-4-6-9-12;1-11(2,3)9-10-7-5-4-6-8-10;1-10(2,3)9-7-5-4-6-8-9;1-6-7(2)8(3,4)5;1-6(2)7(3,4)5;1-5-6-7(2,3)4;/h6-9H,5,10H2,1-4H3;2*4-10H2,1-3H3;4-8H,9H2,1-3H3;9H,4-8H2,1-3H3;7H,6H2,1-5H3;6H,1-5H3;5-6H2,1-4H3;1H4. The van der Waals surface area contributed by atoms with Crippen LogP contribution in [-0.4, -0.2) is 49.1 Å². The highest BCUT2D eigenvalue weighted by Crippen LogP contribution is 2.37. The van der Waals surface area contributed by atoms with Crippen LogP contribution in [-0.2, 0) is 19.3 Å². The summed E-state index contributed by atoms with van der Waals surface area (Å²) in [7, 11) is 0. The third-order valence-electron chi connectivity index (χ3n) is 16.6. The molecule has 0 aromatic heterocycles. The van der Waals surface area contributed by atoms with Gasteiger partial charge in [-0.05, 0) is 194 Å². The van der Waals surface area contributed by atoms with Gasteiger partial charge in [0.1, 0.15) is 0 Å². The van der Waals surface area contributed by atoms with Crippen LogP contribution in [0.1, 0.15) is 335 Å². The Hall–Kier alpha value is -1.64. The van der Waals surface area contributed by atoms with E-state index < -0.39 is 0 Å². The lowest BCUT2D eigenvalue weighted by atomic mass is 9.72. The number of nitrogens with zero attached hydrogens (tertiary/aromatic N) is 2. The fourth-order valence-electron chi connectivity index (χ4n) is 9.40. The minimum Gasteiger partial charge on any atom is -0.303 e. The fraction of sp³-hybridized carbons (Fsp3) is 0.848. The first-order chi connectivity index (χ1) is 36.3. The highest BCUT2D eigenvalue weighted by Gasteiger charge is 2.26. The maximum absolute atomic E-state index is 2.62. The van der Waals surface area contributed by atoms with Gasteiger partial charge in [-0.3, -0.25) is 0 Å². The van der Waals surface area contributed by atoms with Gasteiger partial charge in [-0.25, -0.2) is 0 Å². The number of hydrogen-bond acceptors (Lipinski definition) is 2. The number of rotatable bonds is 9. The molecule has 1 aliphatic carbocycles. The summed E-state index contributed by atoms with van der Waals surface area (Å²) in [5.41, 5.74) is 8.26. The Labute approximate surface area is 515 Å². The van der Waals surface area contributed by atoms with Gasteiger partial charge in [0.2, 0.25) is 0 Å². The zero-order valence-electron chi connectivity index (χ0n) is 61.0. The van der Waals surface area contributed by atoms with Crippen molar-refractivity contribution < 1.29 is 0 Å². The summed E-state index contributed by atoms with van der Waals surface area (Å²) >= 11 is 0. The van der Waals surface area contributed by atoms with E-state index in [1.807, 2.05) is 0 Å². The van der Waals surface area contributed by atoms with Crippen molar-refractivity contribution in [2.45, 2.75) is 337 Å². The molecule has 81 heavy (non-hydrogen) atoms. The van der Waals surface area contributed by atoms with Crippen LogP contribution >= 0.6 is 0 Å². The van der Waals surface area contributed by atoms with E-state index in [2.05, 4.69) is 272 Å². The van der Waals surface area contributed by atoms with Crippen molar-refractivity contribution in [3.63, 3.8) is 0 Å². The number of piperidine rings is 2. The normalized spacial score (nSPS) is 16.3. The van der Waals surface area contributed by atoms with E-state index in [0.29, 0.717) is 43.3 Å². The van der Waals surface area contributed by atoms with Crippen molar-refractivity contribution in [2.24, 2.45) is 61.1 Å². The fourth-order valence-corrected chi connectivity index (χ4v) is 9.40. The van der Waals surface area contributed by atoms with Crippen LogP contribution < -0.4 is 0 Å². The molecule has 1 atom stereocenters. The average molecular weight is 1130 g/mol. The molecule has 2 aromatic rings. The second-order valence-corrected chi connectivity index (χ2v) is 34.8. The molecule has 3 aliphatic rings. The van der Waals surface area contributed by atoms with Crippen molar-refractivity contribution in [1.82, 2.24) is 9.80 Å². The first-order valence-corrected chi connectivity index (χ1v) is 33.9. The molecule has 0 bridgehead atoms. The Morgan fingerprint density at radius 3 is 0.938 bits per heavy atom. The molecule has 5 rings (SSSR count). The SMILES string of the molecule is C.CC(C)(C)C1CCCCC1.CC(C)(C)CCN1CCCCC1.CC(C)(C)CCN1CCCCC1.CC(C)(C)Cc1ccccc1.CC(C)C(C)(C)C.CCC(C)C(C)(C)C.CCCC(C)(C)C.CCc1ccc(CC(C)(C)C)cc1. The lowest BCUT2D eigenvalue weighted by Gasteiger charge is -2.33. The molecule has 482 valence electrons. The molecule has 2 saturated heterocycles. The van der Waals surface area contributed by atoms with Crippen LogP contribution in [0.2, 0.25) is 0 Å². The van der Waals surface area contributed by atoms with E-state index >= 15 is 0 Å². The molecule has 0 N–H and O–H groups in total. The molecule has 2 aliphatic heterocycles. The van der Waals surface area contributed by atoms with Gasteiger partial charge < -0.3 is 9.80 Å². The third-order valence-corrected chi connectivity index (χ3v) is 16.6. The summed E-state index contributed by atoms with van der Waals surface area (Å²) in [5.74, 6) is 2.65. The highest BCUT2D eigenvalue weighted by molar-refractivity contribution is 5.23. The Morgan fingerprint density at radius 1 is 0.395 bits per heavy atom. The van der Waals surface area contributed by atoms with Gasteiger partial charge in [-0.1, -0.05) is 315 Å². The molecule has 2 aromatic carbocycles. The smallest absolute Gasteiger partial charge is 0.00138 e. The van der Waals surface area contributed by atoms with E-state index in [-0.39, 0.29) is 7.43 Å². The zero-order chi connectivity index (χ0) is 62.7. The molecular formula is C79H156N2. The van der Waals surface area contributed by atoms with Crippen LogP contribution in [0.15, 0.2) is 54.6 Å². The molecule has 2 nitrogen and oxygen atoms in total. The average Bonchev–Trinajstić information content (AvgIpc) is 3.33. The number of aryl methyl sites for hydroxylation is 1. The predicted molar refractivity (Wildman–Crippen MR) is 378 cm³/mol. The molecule has 0 spiro atoms. The molecule has 0 amide bonds. The number of benzene rings is 2. The summed E-state index contributed by atoms with van der Waals surface area (Å²) in [6, 6.07) is 19.6. The largest absolute Gasteiger partial charge is 0.303 e. The first-order valence-electron chi connectivity index (χ1n) is 33.9. The molecule has 3 fully saturated rings. The molecule has 0 radical (unpaired) electrons. The van der Waals surface area contributed by atoms with Gasteiger partial charge in [0, 0.05) is 0 Å². The van der Waals surface area contributed by atoms with Crippen LogP contribution in [0.5, 0.6) is 0 Å². The second kappa shape index (κ2) is 43.1. The quantitative estimate of drug-likeness (QED) is 0.247. The van der Waals surface area contributed by atoms with Gasteiger partial charge in [0.15, 0.2) is 0 Å². The molecule has 1 unspecified atom stereocenters. The topological polar surface area (TPSA) is 6.48 Å². The summed E-state index contributed by atoms with van der Waals surface area (Å²) in [4.78, 5) is 5.24. The van der Waals surface area contributed by atoms with Crippen LogP contribution in [0.25, 0.3) is 0 Å². The van der Waals surface area contributed by atoms with Crippen LogP contribution in [0.3, 0.4) is 0 Å². The van der Waals surface area contributed by atoms with Crippen LogP contribution in [0, 0.1) is 61.1 Å². The summed E-state index contributed by atoms with van der Waals surface area (Å²) in [6.07, 6.45) is 26.0. The monoisotopic (exact) mass is 1130 g/mol. The van der Waals surface area contributed by atoms with E-state index in [0.717, 1.165) is 37.0 Å². The number of hydrogen-bond donors (Lipinski definition) is 0. The lowest BCUT2D eigenvalue weighted by molar-refractivity contribution is 0.180. The third kappa shape index (κ3) is 58.5. The Morgan fingerprint density at radius 2 is 0.716 bits per heavy atom. The Balaban J connectivity index is -0.000000422. The molecular weight excluding hydrogens is 977 g/mol. The first kappa shape index (κ1) is 85.8. The predicted octanol–water partition coefficient (Wildman–Crippen LogP) is 25.8. The van der Waals surface area contributed by atoms with Crippen molar-refractivity contribution in [3.8, 4) is 0 Å². The molecule has 2 heteroatoms. The maximum Gasteiger partial charge on any atom is -0.00138 e. The second-order valence-electron chi connectivity index (χ2n) is 34.8. The Bertz CT molecular complexity index is 1620. The van der Waals surface area contributed by atoms with Gasteiger partial charge in [0.05, 0.1) is 0 Å². The number of likely N-dealkylation sites (tertiary alicyclic amines) is 2. The molecule has 1 saturated carbocycles. The minimum absolute atomic E-state index is 0. The van der Waals surface area contributed by atoms with Gasteiger partial charge in [-0.2, -0.15) is 0 Å². The van der Waals surface area contributed by atoms with Crippen molar-refractivity contribution in [1.29, 1.82) is 0 Å². The van der Waals surface area contributed by atoms with Crippen molar-refractivity contribution in [3.05, 3.63) is 71.3 Å². The van der Waals surface area contributed by atoms with Crippen LogP contribution in [0.4, 0.5) is 0 Å². The maximum atomic E-state index is 2.62. The highest BCUT2D eigenvalue weighted by atomic mass is 15.1. The van der Waals surface area contributed by atoms with E-state index in [1.54, 1.807) is 0 Å².